The first-order valence-electron chi connectivity index (χ1n) is 6.33. The van der Waals surface area contributed by atoms with Gasteiger partial charge in [0.1, 0.15) is 5.76 Å². The molecule has 0 saturated heterocycles. The molecule has 0 bridgehead atoms. The van der Waals surface area contributed by atoms with E-state index in [1.54, 1.807) is 6.26 Å². The third kappa shape index (κ3) is 3.18. The van der Waals surface area contributed by atoms with Gasteiger partial charge in [0, 0.05) is 23.2 Å². The van der Waals surface area contributed by atoms with Gasteiger partial charge in [-0.15, -0.1) is 0 Å². The van der Waals surface area contributed by atoms with Crippen LogP contribution < -0.4 is 5.73 Å². The summed E-state index contributed by atoms with van der Waals surface area (Å²) in [4.78, 5) is 2.23. The molecular formula is C15H19ClN2O. The molecule has 0 amide bonds. The van der Waals surface area contributed by atoms with Gasteiger partial charge in [-0.2, -0.15) is 0 Å². The molecule has 0 aliphatic carbocycles. The van der Waals surface area contributed by atoms with Gasteiger partial charge >= 0.3 is 0 Å². The van der Waals surface area contributed by atoms with E-state index in [0.29, 0.717) is 6.54 Å². The number of nitrogens with zero attached hydrogens (tertiary/aromatic N) is 1. The summed E-state index contributed by atoms with van der Waals surface area (Å²) in [5.41, 5.74) is 7.91. The summed E-state index contributed by atoms with van der Waals surface area (Å²) in [7, 11) is 2.07. The van der Waals surface area contributed by atoms with E-state index in [-0.39, 0.29) is 6.04 Å². The fraction of sp³-hybridized carbons (Fsp3) is 0.333. The number of rotatable bonds is 5. The highest BCUT2D eigenvalue weighted by atomic mass is 35.5. The van der Waals surface area contributed by atoms with Crippen LogP contribution in [0, 0.1) is 0 Å². The van der Waals surface area contributed by atoms with E-state index in [4.69, 9.17) is 21.8 Å². The van der Waals surface area contributed by atoms with Crippen LogP contribution in [0.2, 0.25) is 5.02 Å². The minimum absolute atomic E-state index is 0.231. The third-order valence-corrected chi connectivity index (χ3v) is 3.80. The van der Waals surface area contributed by atoms with Crippen molar-refractivity contribution >= 4 is 11.6 Å². The molecule has 0 fully saturated rings. The largest absolute Gasteiger partial charge is 0.468 e. The molecule has 0 aliphatic heterocycles. The Morgan fingerprint density at radius 1 is 1.32 bits per heavy atom. The molecule has 4 heteroatoms. The summed E-state index contributed by atoms with van der Waals surface area (Å²) in [6, 6.07) is 10.1. The Hall–Kier alpha value is -1.29. The summed E-state index contributed by atoms with van der Waals surface area (Å²) in [6.45, 7) is 3.36. The molecule has 1 atom stereocenters. The van der Waals surface area contributed by atoms with Crippen LogP contribution in [-0.2, 0) is 13.1 Å². The maximum atomic E-state index is 6.24. The molecule has 1 heterocycles. The predicted octanol–water partition coefficient (Wildman–Crippen LogP) is 3.58. The van der Waals surface area contributed by atoms with Crippen molar-refractivity contribution in [2.24, 2.45) is 5.73 Å². The highest BCUT2D eigenvalue weighted by Crippen LogP contribution is 2.27. The lowest BCUT2D eigenvalue weighted by molar-refractivity contribution is 0.251. The number of hydrogen-bond donors (Lipinski definition) is 1. The van der Waals surface area contributed by atoms with Gasteiger partial charge in [0.15, 0.2) is 0 Å². The van der Waals surface area contributed by atoms with Crippen molar-refractivity contribution in [1.29, 1.82) is 0 Å². The van der Waals surface area contributed by atoms with E-state index in [9.17, 15) is 0 Å². The van der Waals surface area contributed by atoms with Crippen LogP contribution in [0.4, 0.5) is 0 Å². The maximum Gasteiger partial charge on any atom is 0.121 e. The molecule has 2 rings (SSSR count). The molecule has 1 aromatic carbocycles. The Bertz CT molecular complexity index is 538. The van der Waals surface area contributed by atoms with E-state index in [2.05, 4.69) is 24.9 Å². The normalized spacial score (nSPS) is 12.9. The Morgan fingerprint density at radius 2 is 2.05 bits per heavy atom. The van der Waals surface area contributed by atoms with Gasteiger partial charge in [-0.25, -0.2) is 0 Å². The molecule has 2 aromatic rings. The molecule has 0 spiro atoms. The van der Waals surface area contributed by atoms with Crippen molar-refractivity contribution in [2.75, 3.05) is 7.05 Å². The molecule has 1 unspecified atom stereocenters. The minimum Gasteiger partial charge on any atom is -0.468 e. The number of benzene rings is 1. The highest BCUT2D eigenvalue weighted by Gasteiger charge is 2.16. The van der Waals surface area contributed by atoms with Crippen LogP contribution in [0.5, 0.6) is 0 Å². The molecule has 19 heavy (non-hydrogen) atoms. The van der Waals surface area contributed by atoms with E-state index in [0.717, 1.165) is 28.5 Å². The fourth-order valence-corrected chi connectivity index (χ4v) is 2.44. The van der Waals surface area contributed by atoms with Gasteiger partial charge in [-0.1, -0.05) is 29.8 Å². The van der Waals surface area contributed by atoms with Crippen molar-refractivity contribution in [3.05, 3.63) is 58.5 Å². The summed E-state index contributed by atoms with van der Waals surface area (Å²) < 4.78 is 5.35. The topological polar surface area (TPSA) is 42.4 Å². The van der Waals surface area contributed by atoms with E-state index >= 15 is 0 Å². The molecular weight excluding hydrogens is 260 g/mol. The Morgan fingerprint density at radius 3 is 2.74 bits per heavy atom. The molecule has 0 radical (unpaired) electrons. The first kappa shape index (κ1) is 14.1. The number of furan rings is 1. The summed E-state index contributed by atoms with van der Waals surface area (Å²) in [6.07, 6.45) is 1.69. The Balaban J connectivity index is 2.12. The second-order valence-electron chi connectivity index (χ2n) is 4.69. The van der Waals surface area contributed by atoms with Crippen molar-refractivity contribution in [1.82, 2.24) is 4.90 Å². The zero-order valence-electron chi connectivity index (χ0n) is 11.3. The molecule has 0 saturated carbocycles. The molecule has 3 nitrogen and oxygen atoms in total. The number of hydrogen-bond acceptors (Lipinski definition) is 3. The quantitative estimate of drug-likeness (QED) is 0.909. The summed E-state index contributed by atoms with van der Waals surface area (Å²) >= 11 is 6.24. The van der Waals surface area contributed by atoms with Crippen LogP contribution in [0.15, 0.2) is 41.0 Å². The van der Waals surface area contributed by atoms with Gasteiger partial charge in [-0.05, 0) is 31.7 Å². The second-order valence-corrected chi connectivity index (χ2v) is 5.09. The average molecular weight is 279 g/mol. The molecule has 1 aromatic heterocycles. The van der Waals surface area contributed by atoms with Gasteiger partial charge in [-0.3, -0.25) is 4.90 Å². The number of nitrogens with two attached hydrogens (primary N) is 1. The van der Waals surface area contributed by atoms with Gasteiger partial charge in [0.25, 0.3) is 0 Å². The van der Waals surface area contributed by atoms with Crippen LogP contribution >= 0.6 is 11.6 Å². The van der Waals surface area contributed by atoms with Gasteiger partial charge < -0.3 is 10.2 Å². The lowest BCUT2D eigenvalue weighted by Gasteiger charge is -2.25. The Kier molecular flexibility index (Phi) is 4.64. The fourth-order valence-electron chi connectivity index (χ4n) is 2.14. The third-order valence-electron chi connectivity index (χ3n) is 3.46. The van der Waals surface area contributed by atoms with Crippen molar-refractivity contribution < 1.29 is 4.42 Å². The van der Waals surface area contributed by atoms with Crippen molar-refractivity contribution in [2.45, 2.75) is 26.1 Å². The van der Waals surface area contributed by atoms with Gasteiger partial charge in [0.2, 0.25) is 0 Å². The smallest absolute Gasteiger partial charge is 0.121 e. The van der Waals surface area contributed by atoms with E-state index in [1.807, 2.05) is 24.3 Å². The first-order valence-corrected chi connectivity index (χ1v) is 6.71. The first-order chi connectivity index (χ1) is 9.13. The summed E-state index contributed by atoms with van der Waals surface area (Å²) in [5.74, 6) is 0.846. The second kappa shape index (κ2) is 6.24. The Labute approximate surface area is 119 Å². The zero-order chi connectivity index (χ0) is 13.8. The van der Waals surface area contributed by atoms with Crippen molar-refractivity contribution in [3.63, 3.8) is 0 Å². The zero-order valence-corrected chi connectivity index (χ0v) is 12.0. The highest BCUT2D eigenvalue weighted by molar-refractivity contribution is 6.31. The lowest BCUT2D eigenvalue weighted by Crippen LogP contribution is -2.22. The van der Waals surface area contributed by atoms with Crippen molar-refractivity contribution in [3.8, 4) is 0 Å². The predicted molar refractivity (Wildman–Crippen MR) is 77.9 cm³/mol. The average Bonchev–Trinajstić information content (AvgIpc) is 2.85. The SMILES string of the molecule is CC(c1ccccc1Cl)N(C)Cc1ccoc1CN. The summed E-state index contributed by atoms with van der Waals surface area (Å²) in [5, 5.41) is 0.799. The van der Waals surface area contributed by atoms with Crippen LogP contribution in [0.1, 0.15) is 29.9 Å². The molecule has 0 aliphatic rings. The van der Waals surface area contributed by atoms with E-state index < -0.39 is 0 Å². The standard InChI is InChI=1S/C15H19ClN2O/c1-11(13-5-3-4-6-14(13)16)18(2)10-12-7-8-19-15(12)9-17/h3-8,11H,9-10,17H2,1-2H3. The van der Waals surface area contributed by atoms with Crippen LogP contribution in [0.3, 0.4) is 0 Å². The maximum absolute atomic E-state index is 6.24. The molecule has 2 N–H and O–H groups in total. The van der Waals surface area contributed by atoms with Crippen LogP contribution in [0.25, 0.3) is 0 Å². The van der Waals surface area contributed by atoms with E-state index in [1.165, 1.54) is 0 Å². The minimum atomic E-state index is 0.231. The van der Waals surface area contributed by atoms with Gasteiger partial charge in [0.05, 0.1) is 12.8 Å². The monoisotopic (exact) mass is 278 g/mol. The molecule has 102 valence electrons. The van der Waals surface area contributed by atoms with Crippen LogP contribution in [-0.4, -0.2) is 11.9 Å². The lowest BCUT2D eigenvalue weighted by atomic mass is 10.1. The number of halogens is 1.